The molecule has 1 aliphatic rings. The summed E-state index contributed by atoms with van der Waals surface area (Å²) in [6, 6.07) is 17.1. The van der Waals surface area contributed by atoms with E-state index in [1.54, 1.807) is 23.2 Å². The Bertz CT molecular complexity index is 1180. The first-order valence-corrected chi connectivity index (χ1v) is 10.2. The maximum Gasteiger partial charge on any atom is 0.249 e. The molecule has 0 bridgehead atoms. The maximum atomic E-state index is 12.6. The van der Waals surface area contributed by atoms with E-state index in [-0.39, 0.29) is 18.0 Å². The highest BCUT2D eigenvalue weighted by Gasteiger charge is 2.34. The van der Waals surface area contributed by atoms with Crippen molar-refractivity contribution in [2.45, 2.75) is 32.9 Å². The molecule has 1 amide bonds. The summed E-state index contributed by atoms with van der Waals surface area (Å²) < 4.78 is 0. The Morgan fingerprint density at radius 1 is 1.13 bits per heavy atom. The molecule has 1 N–H and O–H groups in total. The van der Waals surface area contributed by atoms with Crippen LogP contribution in [0.1, 0.15) is 26.3 Å². The summed E-state index contributed by atoms with van der Waals surface area (Å²) >= 11 is 0. The van der Waals surface area contributed by atoms with Crippen molar-refractivity contribution in [2.75, 3.05) is 22.2 Å². The summed E-state index contributed by atoms with van der Waals surface area (Å²) in [4.78, 5) is 25.4. The topological polar surface area (TPSA) is 85.2 Å². The fraction of sp³-hybridized carbons (Fsp3) is 0.250. The Hall–Kier alpha value is -3.92. The van der Waals surface area contributed by atoms with Crippen molar-refractivity contribution in [3.05, 3.63) is 60.3 Å². The van der Waals surface area contributed by atoms with Gasteiger partial charge in [0.2, 0.25) is 11.9 Å². The van der Waals surface area contributed by atoms with Gasteiger partial charge in [0, 0.05) is 30.5 Å². The number of hydrogen-bond donors (Lipinski definition) is 1. The minimum atomic E-state index is -0.236. The van der Waals surface area contributed by atoms with E-state index in [2.05, 4.69) is 40.1 Å². The molecule has 31 heavy (non-hydrogen) atoms. The molecule has 0 saturated heterocycles. The van der Waals surface area contributed by atoms with E-state index < -0.39 is 0 Å². The lowest BCUT2D eigenvalue weighted by molar-refractivity contribution is -0.119. The number of aromatic nitrogens is 2. The van der Waals surface area contributed by atoms with Crippen LogP contribution in [0.2, 0.25) is 0 Å². The predicted molar refractivity (Wildman–Crippen MR) is 122 cm³/mol. The molecular formula is C24H24N6O. The molecule has 0 fully saturated rings. The minimum absolute atomic E-state index is 0.0811. The van der Waals surface area contributed by atoms with Crippen LogP contribution >= 0.6 is 0 Å². The van der Waals surface area contributed by atoms with E-state index in [0.29, 0.717) is 11.5 Å². The van der Waals surface area contributed by atoms with Gasteiger partial charge in [0.1, 0.15) is 6.04 Å². The standard InChI is InChI=1S/C24H24N6O/c1-15(2)30-16(3)23(31)29(4)21-9-8-19(13-22(21)30)27-24-26-11-10-20(28-24)18-7-5-6-17(12-18)14-25/h5-13,15-16H,1-4H3,(H,26,27,28). The van der Waals surface area contributed by atoms with Gasteiger partial charge in [0.25, 0.3) is 0 Å². The number of anilines is 4. The molecule has 3 aromatic rings. The number of carbonyl (C=O) groups excluding carboxylic acids is 1. The highest BCUT2D eigenvalue weighted by Crippen LogP contribution is 2.39. The van der Waals surface area contributed by atoms with Gasteiger partial charge in [-0.15, -0.1) is 0 Å². The predicted octanol–water partition coefficient (Wildman–Crippen LogP) is 4.34. The van der Waals surface area contributed by atoms with Gasteiger partial charge < -0.3 is 15.1 Å². The van der Waals surface area contributed by atoms with Crippen LogP contribution in [0, 0.1) is 11.3 Å². The van der Waals surface area contributed by atoms with Crippen molar-refractivity contribution in [1.82, 2.24) is 9.97 Å². The van der Waals surface area contributed by atoms with Crippen LogP contribution in [0.15, 0.2) is 54.7 Å². The second kappa shape index (κ2) is 8.07. The molecule has 1 unspecified atom stereocenters. The molecule has 2 heterocycles. The average Bonchev–Trinajstić information content (AvgIpc) is 2.77. The van der Waals surface area contributed by atoms with Gasteiger partial charge in [-0.25, -0.2) is 9.97 Å². The van der Waals surface area contributed by atoms with Gasteiger partial charge in [-0.2, -0.15) is 5.26 Å². The SMILES string of the molecule is CC(C)N1c2cc(Nc3nccc(-c4cccc(C#N)c4)n3)ccc2N(C)C(=O)C1C. The number of hydrogen-bond acceptors (Lipinski definition) is 6. The normalized spacial score (nSPS) is 15.6. The van der Waals surface area contributed by atoms with E-state index in [1.807, 2.05) is 50.4 Å². The Morgan fingerprint density at radius 3 is 2.68 bits per heavy atom. The Morgan fingerprint density at radius 2 is 1.94 bits per heavy atom. The fourth-order valence-corrected chi connectivity index (χ4v) is 4.00. The van der Waals surface area contributed by atoms with Crippen molar-refractivity contribution in [3.8, 4) is 17.3 Å². The Labute approximate surface area is 182 Å². The molecule has 0 radical (unpaired) electrons. The zero-order valence-corrected chi connectivity index (χ0v) is 18.0. The van der Waals surface area contributed by atoms with Crippen molar-refractivity contribution < 1.29 is 4.79 Å². The summed E-state index contributed by atoms with van der Waals surface area (Å²) in [7, 11) is 1.81. The Kier molecular flexibility index (Phi) is 5.30. The van der Waals surface area contributed by atoms with Crippen LogP contribution in [-0.2, 0) is 4.79 Å². The van der Waals surface area contributed by atoms with Crippen LogP contribution in [0.25, 0.3) is 11.3 Å². The number of nitrogens with one attached hydrogen (secondary N) is 1. The summed E-state index contributed by atoms with van der Waals surface area (Å²) in [6.45, 7) is 6.10. The molecule has 0 saturated carbocycles. The van der Waals surface area contributed by atoms with E-state index in [4.69, 9.17) is 5.26 Å². The lowest BCUT2D eigenvalue weighted by Crippen LogP contribution is -2.53. The van der Waals surface area contributed by atoms with Gasteiger partial charge in [-0.1, -0.05) is 12.1 Å². The number of rotatable bonds is 4. The summed E-state index contributed by atoms with van der Waals surface area (Å²) in [5.74, 6) is 0.543. The van der Waals surface area contributed by atoms with E-state index in [1.165, 1.54) is 0 Å². The third kappa shape index (κ3) is 3.80. The summed E-state index contributed by atoms with van der Waals surface area (Å²) in [5, 5.41) is 12.4. The summed E-state index contributed by atoms with van der Waals surface area (Å²) in [6.07, 6.45) is 1.69. The lowest BCUT2D eigenvalue weighted by Gasteiger charge is -2.42. The largest absolute Gasteiger partial charge is 0.356 e. The number of benzene rings is 2. The fourth-order valence-electron chi connectivity index (χ4n) is 4.00. The zero-order chi connectivity index (χ0) is 22.1. The van der Waals surface area contributed by atoms with E-state index in [9.17, 15) is 4.79 Å². The van der Waals surface area contributed by atoms with Gasteiger partial charge in [-0.05, 0) is 57.2 Å². The van der Waals surface area contributed by atoms with Crippen molar-refractivity contribution in [1.29, 1.82) is 5.26 Å². The monoisotopic (exact) mass is 412 g/mol. The van der Waals surface area contributed by atoms with Gasteiger partial charge in [0.15, 0.2) is 0 Å². The minimum Gasteiger partial charge on any atom is -0.356 e. The van der Waals surface area contributed by atoms with E-state index in [0.717, 1.165) is 28.3 Å². The molecule has 1 atom stereocenters. The van der Waals surface area contributed by atoms with Gasteiger partial charge >= 0.3 is 0 Å². The molecule has 4 rings (SSSR count). The molecule has 2 aromatic carbocycles. The second-order valence-electron chi connectivity index (χ2n) is 7.86. The van der Waals surface area contributed by atoms with Crippen molar-refractivity contribution in [2.24, 2.45) is 0 Å². The van der Waals surface area contributed by atoms with Crippen LogP contribution in [-0.4, -0.2) is 35.0 Å². The molecule has 0 spiro atoms. The first kappa shape index (κ1) is 20.4. The first-order valence-electron chi connectivity index (χ1n) is 10.2. The second-order valence-corrected chi connectivity index (χ2v) is 7.86. The molecule has 1 aromatic heterocycles. The average molecular weight is 412 g/mol. The Balaban J connectivity index is 1.67. The van der Waals surface area contributed by atoms with Crippen LogP contribution in [0.4, 0.5) is 23.0 Å². The number of fused-ring (bicyclic) bond motifs is 1. The maximum absolute atomic E-state index is 12.6. The number of amides is 1. The zero-order valence-electron chi connectivity index (χ0n) is 18.0. The smallest absolute Gasteiger partial charge is 0.249 e. The van der Waals surface area contributed by atoms with Crippen LogP contribution in [0.3, 0.4) is 0 Å². The van der Waals surface area contributed by atoms with Crippen molar-refractivity contribution in [3.63, 3.8) is 0 Å². The molecule has 1 aliphatic heterocycles. The number of likely N-dealkylation sites (N-methyl/N-ethyl adjacent to an activating group) is 1. The van der Waals surface area contributed by atoms with Gasteiger partial charge in [-0.3, -0.25) is 4.79 Å². The van der Waals surface area contributed by atoms with Gasteiger partial charge in [0.05, 0.1) is 28.7 Å². The highest BCUT2D eigenvalue weighted by atomic mass is 16.2. The number of nitriles is 1. The highest BCUT2D eigenvalue weighted by molar-refractivity contribution is 6.05. The number of carbonyl (C=O) groups is 1. The molecule has 156 valence electrons. The third-order valence-corrected chi connectivity index (χ3v) is 5.48. The van der Waals surface area contributed by atoms with Crippen LogP contribution in [0.5, 0.6) is 0 Å². The van der Waals surface area contributed by atoms with Crippen molar-refractivity contribution >= 4 is 28.9 Å². The van der Waals surface area contributed by atoms with Crippen LogP contribution < -0.4 is 15.1 Å². The number of nitrogens with zero attached hydrogens (tertiary/aromatic N) is 5. The molecular weight excluding hydrogens is 388 g/mol. The quantitative estimate of drug-likeness (QED) is 0.686. The molecule has 7 nitrogen and oxygen atoms in total. The molecule has 7 heteroatoms. The van der Waals surface area contributed by atoms with E-state index >= 15 is 0 Å². The lowest BCUT2D eigenvalue weighted by atomic mass is 10.0. The molecule has 0 aliphatic carbocycles. The summed E-state index contributed by atoms with van der Waals surface area (Å²) in [5.41, 5.74) is 4.88. The third-order valence-electron chi connectivity index (χ3n) is 5.48. The first-order chi connectivity index (χ1) is 14.9.